The summed E-state index contributed by atoms with van der Waals surface area (Å²) in [6.45, 7) is 0. The van der Waals surface area contributed by atoms with Gasteiger partial charge in [0.1, 0.15) is 0 Å². The first-order chi connectivity index (χ1) is 10.5. The molecule has 2 aromatic rings. The largest absolute Gasteiger partial charge is 0.324 e. The van der Waals surface area contributed by atoms with Gasteiger partial charge in [0.05, 0.1) is 17.1 Å². The van der Waals surface area contributed by atoms with E-state index < -0.39 is 0 Å². The molecule has 0 aromatic heterocycles. The van der Waals surface area contributed by atoms with Gasteiger partial charge in [-0.15, -0.1) is 11.8 Å². The van der Waals surface area contributed by atoms with Crippen LogP contribution in [0, 0.1) is 0 Å². The molecule has 0 bridgehead atoms. The van der Waals surface area contributed by atoms with Gasteiger partial charge in [0.15, 0.2) is 0 Å². The Bertz CT molecular complexity index is 780. The summed E-state index contributed by atoms with van der Waals surface area (Å²) in [5.41, 5.74) is 1.87. The lowest BCUT2D eigenvalue weighted by Gasteiger charge is -2.17. The number of nitrogens with one attached hydrogen (secondary N) is 2. The number of rotatable bonds is 2. The zero-order chi connectivity index (χ0) is 15.7. The van der Waals surface area contributed by atoms with Crippen molar-refractivity contribution in [3.05, 3.63) is 50.9 Å². The molecule has 2 N–H and O–H groups in total. The number of anilines is 2. The van der Waals surface area contributed by atoms with Crippen LogP contribution in [0.5, 0.6) is 0 Å². The smallest absolute Gasteiger partial charge is 0.255 e. The minimum atomic E-state index is -0.226. The number of fused-ring (bicyclic) bond motifs is 1. The van der Waals surface area contributed by atoms with Gasteiger partial charge in [-0.3, -0.25) is 9.59 Å². The fraction of sp³-hybridized carbons (Fsp3) is 0.0667. The number of benzene rings is 2. The standard InChI is InChI=1S/C15H10Br2N2O2S/c16-9-2-3-11(10(17)6-9)19-15(21)8-1-4-13-12(5-8)18-14(20)7-22-13/h1-6H,7H2,(H,18,20)(H,19,21). The van der Waals surface area contributed by atoms with Crippen LogP contribution in [-0.2, 0) is 4.79 Å². The molecule has 112 valence electrons. The van der Waals surface area contributed by atoms with E-state index in [0.29, 0.717) is 22.7 Å². The highest BCUT2D eigenvalue weighted by Gasteiger charge is 2.17. The van der Waals surface area contributed by atoms with E-state index in [1.54, 1.807) is 12.1 Å². The van der Waals surface area contributed by atoms with E-state index >= 15 is 0 Å². The van der Waals surface area contributed by atoms with E-state index in [1.807, 2.05) is 24.3 Å². The van der Waals surface area contributed by atoms with Crippen LogP contribution in [0.2, 0.25) is 0 Å². The van der Waals surface area contributed by atoms with Crippen LogP contribution in [-0.4, -0.2) is 17.6 Å². The van der Waals surface area contributed by atoms with Crippen molar-refractivity contribution in [3.63, 3.8) is 0 Å². The Balaban J connectivity index is 1.83. The normalized spacial score (nSPS) is 13.3. The van der Waals surface area contributed by atoms with Crippen LogP contribution >= 0.6 is 43.6 Å². The number of thioether (sulfide) groups is 1. The SMILES string of the molecule is O=C1CSc2ccc(C(=O)Nc3ccc(Br)cc3Br)cc2N1. The lowest BCUT2D eigenvalue weighted by molar-refractivity contribution is -0.113. The van der Waals surface area contributed by atoms with Gasteiger partial charge in [0, 0.05) is 19.4 Å². The van der Waals surface area contributed by atoms with Crippen LogP contribution < -0.4 is 10.6 Å². The molecule has 0 aliphatic carbocycles. The van der Waals surface area contributed by atoms with Crippen LogP contribution in [0.3, 0.4) is 0 Å². The number of carbonyl (C=O) groups is 2. The minimum Gasteiger partial charge on any atom is -0.324 e. The Morgan fingerprint density at radius 3 is 2.77 bits per heavy atom. The Morgan fingerprint density at radius 1 is 1.18 bits per heavy atom. The Labute approximate surface area is 148 Å². The van der Waals surface area contributed by atoms with Crippen LogP contribution in [0.4, 0.5) is 11.4 Å². The van der Waals surface area contributed by atoms with Crippen LogP contribution in [0.1, 0.15) is 10.4 Å². The number of hydrogen-bond acceptors (Lipinski definition) is 3. The highest BCUT2D eigenvalue weighted by Crippen LogP contribution is 2.32. The van der Waals surface area contributed by atoms with Crippen molar-refractivity contribution in [2.75, 3.05) is 16.4 Å². The molecule has 0 radical (unpaired) electrons. The molecular weight excluding hydrogens is 432 g/mol. The molecule has 2 amide bonds. The monoisotopic (exact) mass is 440 g/mol. The predicted octanol–water partition coefficient (Wildman–Crippen LogP) is 4.51. The molecule has 7 heteroatoms. The highest BCUT2D eigenvalue weighted by atomic mass is 79.9. The molecule has 0 saturated carbocycles. The summed E-state index contributed by atoms with van der Waals surface area (Å²) in [6, 6.07) is 10.8. The molecule has 1 heterocycles. The third-order valence-electron chi connectivity index (χ3n) is 3.05. The minimum absolute atomic E-state index is 0.0503. The molecule has 2 aromatic carbocycles. The van der Waals surface area contributed by atoms with Crippen LogP contribution in [0.15, 0.2) is 50.2 Å². The number of halogens is 2. The summed E-state index contributed by atoms with van der Waals surface area (Å²) in [4.78, 5) is 24.8. The summed E-state index contributed by atoms with van der Waals surface area (Å²) in [5, 5.41) is 5.63. The first-order valence-electron chi connectivity index (χ1n) is 6.36. The first-order valence-corrected chi connectivity index (χ1v) is 8.93. The van der Waals surface area contributed by atoms with E-state index in [2.05, 4.69) is 42.5 Å². The second-order valence-corrected chi connectivity index (χ2v) is 7.41. The highest BCUT2D eigenvalue weighted by molar-refractivity contribution is 9.11. The quantitative estimate of drug-likeness (QED) is 0.720. The summed E-state index contributed by atoms with van der Waals surface area (Å²) < 4.78 is 1.71. The summed E-state index contributed by atoms with van der Waals surface area (Å²) in [5.74, 6) is 0.131. The van der Waals surface area contributed by atoms with Gasteiger partial charge < -0.3 is 10.6 Å². The molecular formula is C15H10Br2N2O2S. The lowest BCUT2D eigenvalue weighted by Crippen LogP contribution is -2.20. The number of hydrogen-bond donors (Lipinski definition) is 2. The van der Waals surface area contributed by atoms with Crippen molar-refractivity contribution in [1.29, 1.82) is 0 Å². The average molecular weight is 442 g/mol. The molecule has 0 fully saturated rings. The van der Waals surface area contributed by atoms with E-state index in [1.165, 1.54) is 11.8 Å². The van der Waals surface area contributed by atoms with Gasteiger partial charge in [-0.1, -0.05) is 15.9 Å². The molecule has 4 nitrogen and oxygen atoms in total. The molecule has 0 unspecified atom stereocenters. The lowest BCUT2D eigenvalue weighted by atomic mass is 10.1. The maximum absolute atomic E-state index is 12.4. The van der Waals surface area contributed by atoms with Crippen molar-refractivity contribution in [2.45, 2.75) is 4.90 Å². The van der Waals surface area contributed by atoms with E-state index in [9.17, 15) is 9.59 Å². The fourth-order valence-electron chi connectivity index (χ4n) is 2.01. The molecule has 0 saturated heterocycles. The van der Waals surface area contributed by atoms with Gasteiger partial charge in [0.2, 0.25) is 5.91 Å². The van der Waals surface area contributed by atoms with Crippen molar-refractivity contribution in [2.24, 2.45) is 0 Å². The van der Waals surface area contributed by atoms with Crippen molar-refractivity contribution >= 4 is 66.8 Å². The predicted molar refractivity (Wildman–Crippen MR) is 95.6 cm³/mol. The summed E-state index contributed by atoms with van der Waals surface area (Å²) >= 11 is 8.25. The molecule has 22 heavy (non-hydrogen) atoms. The summed E-state index contributed by atoms with van der Waals surface area (Å²) in [6.07, 6.45) is 0. The van der Waals surface area contributed by atoms with Gasteiger partial charge in [-0.2, -0.15) is 0 Å². The van der Waals surface area contributed by atoms with E-state index in [-0.39, 0.29) is 11.8 Å². The average Bonchev–Trinajstić information content (AvgIpc) is 2.49. The van der Waals surface area contributed by atoms with Gasteiger partial charge in [0.25, 0.3) is 5.91 Å². The maximum Gasteiger partial charge on any atom is 0.255 e. The van der Waals surface area contributed by atoms with Gasteiger partial charge in [-0.05, 0) is 52.3 Å². The van der Waals surface area contributed by atoms with Crippen molar-refractivity contribution in [1.82, 2.24) is 0 Å². The van der Waals surface area contributed by atoms with Crippen LogP contribution in [0.25, 0.3) is 0 Å². The zero-order valence-corrected chi connectivity index (χ0v) is 15.1. The molecule has 0 spiro atoms. The number of carbonyl (C=O) groups excluding carboxylic acids is 2. The van der Waals surface area contributed by atoms with Gasteiger partial charge in [-0.25, -0.2) is 0 Å². The van der Waals surface area contributed by atoms with Crippen molar-refractivity contribution in [3.8, 4) is 0 Å². The second kappa shape index (κ2) is 6.44. The maximum atomic E-state index is 12.4. The summed E-state index contributed by atoms with van der Waals surface area (Å²) in [7, 11) is 0. The molecule has 3 rings (SSSR count). The topological polar surface area (TPSA) is 58.2 Å². The number of amides is 2. The Kier molecular flexibility index (Phi) is 4.56. The van der Waals surface area contributed by atoms with Gasteiger partial charge >= 0.3 is 0 Å². The molecule has 1 aliphatic rings. The molecule has 0 atom stereocenters. The third kappa shape index (κ3) is 3.37. The molecule has 1 aliphatic heterocycles. The zero-order valence-electron chi connectivity index (χ0n) is 11.2. The Morgan fingerprint density at radius 2 is 2.00 bits per heavy atom. The first kappa shape index (κ1) is 15.6. The van der Waals surface area contributed by atoms with E-state index in [4.69, 9.17) is 0 Å². The Hall–Kier alpha value is -1.31. The second-order valence-electron chi connectivity index (χ2n) is 4.63. The van der Waals surface area contributed by atoms with Crippen molar-refractivity contribution < 1.29 is 9.59 Å². The fourth-order valence-corrected chi connectivity index (χ4v) is 3.94. The van der Waals surface area contributed by atoms with E-state index in [0.717, 1.165) is 13.8 Å². The third-order valence-corrected chi connectivity index (χ3v) is 5.28.